The summed E-state index contributed by atoms with van der Waals surface area (Å²) in [4.78, 5) is 16.4. The minimum Gasteiger partial charge on any atom is -0.497 e. The van der Waals surface area contributed by atoms with Crippen LogP contribution in [0.2, 0.25) is 5.02 Å². The van der Waals surface area contributed by atoms with Crippen molar-refractivity contribution < 1.29 is 9.53 Å². The molecule has 0 saturated carbocycles. The zero-order valence-corrected chi connectivity index (χ0v) is 15.0. The maximum absolute atomic E-state index is 12.0. The molecule has 3 rings (SSSR count). The van der Waals surface area contributed by atoms with Crippen molar-refractivity contribution in [1.29, 1.82) is 0 Å². The summed E-state index contributed by atoms with van der Waals surface area (Å²) in [5, 5.41) is 5.89. The Hall–Kier alpha value is -2.63. The van der Waals surface area contributed by atoms with E-state index in [1.807, 2.05) is 53.9 Å². The predicted molar refractivity (Wildman–Crippen MR) is 103 cm³/mol. The van der Waals surface area contributed by atoms with Gasteiger partial charge in [0.1, 0.15) is 5.75 Å². The number of thiazole rings is 1. The molecule has 126 valence electrons. The standard InChI is InChI=1S/C19H15ClN2O2S/c1-24-16-9-2-13(3-10-16)4-11-18(23)22-19-21-17(12-25-19)14-5-7-15(20)8-6-14/h2-12H,1H3,(H,21,22,23). The minimum atomic E-state index is -0.229. The number of amides is 1. The van der Waals surface area contributed by atoms with E-state index in [9.17, 15) is 4.79 Å². The first kappa shape index (κ1) is 17.2. The number of nitrogens with zero attached hydrogens (tertiary/aromatic N) is 1. The molecule has 0 saturated heterocycles. The average molecular weight is 371 g/mol. The second-order valence-electron chi connectivity index (χ2n) is 5.14. The lowest BCUT2D eigenvalue weighted by Gasteiger charge is -1.99. The number of nitrogens with one attached hydrogen (secondary N) is 1. The van der Waals surface area contributed by atoms with Gasteiger partial charge in [0.15, 0.2) is 5.13 Å². The van der Waals surface area contributed by atoms with E-state index in [4.69, 9.17) is 16.3 Å². The summed E-state index contributed by atoms with van der Waals surface area (Å²) in [6, 6.07) is 14.9. The lowest BCUT2D eigenvalue weighted by Crippen LogP contribution is -2.07. The van der Waals surface area contributed by atoms with Crippen molar-refractivity contribution in [2.24, 2.45) is 0 Å². The summed E-state index contributed by atoms with van der Waals surface area (Å²) < 4.78 is 5.10. The lowest BCUT2D eigenvalue weighted by atomic mass is 10.2. The van der Waals surface area contributed by atoms with Crippen molar-refractivity contribution in [2.75, 3.05) is 12.4 Å². The fourth-order valence-electron chi connectivity index (χ4n) is 2.12. The van der Waals surface area contributed by atoms with Gasteiger partial charge in [0.2, 0.25) is 5.91 Å². The number of hydrogen-bond donors (Lipinski definition) is 1. The topological polar surface area (TPSA) is 51.2 Å². The number of halogens is 1. The van der Waals surface area contributed by atoms with Gasteiger partial charge < -0.3 is 4.74 Å². The van der Waals surface area contributed by atoms with Crippen LogP contribution in [0.25, 0.3) is 17.3 Å². The molecule has 1 N–H and O–H groups in total. The van der Waals surface area contributed by atoms with Crippen LogP contribution in [0.15, 0.2) is 60.0 Å². The largest absolute Gasteiger partial charge is 0.497 e. The van der Waals surface area contributed by atoms with E-state index < -0.39 is 0 Å². The second kappa shape index (κ2) is 7.96. The van der Waals surface area contributed by atoms with Crippen LogP contribution in [0.1, 0.15) is 5.56 Å². The van der Waals surface area contributed by atoms with Crippen molar-refractivity contribution in [3.63, 3.8) is 0 Å². The van der Waals surface area contributed by atoms with E-state index in [0.717, 1.165) is 22.6 Å². The van der Waals surface area contributed by atoms with Crippen LogP contribution in [-0.4, -0.2) is 18.0 Å². The number of anilines is 1. The highest BCUT2D eigenvalue weighted by atomic mass is 35.5. The molecule has 1 heterocycles. The van der Waals surface area contributed by atoms with E-state index in [0.29, 0.717) is 10.2 Å². The van der Waals surface area contributed by atoms with Crippen LogP contribution < -0.4 is 10.1 Å². The van der Waals surface area contributed by atoms with Crippen molar-refractivity contribution in [3.05, 3.63) is 70.6 Å². The number of carbonyl (C=O) groups is 1. The summed E-state index contributed by atoms with van der Waals surface area (Å²) >= 11 is 7.26. The molecule has 6 heteroatoms. The van der Waals surface area contributed by atoms with Gasteiger partial charge in [-0.15, -0.1) is 11.3 Å². The summed E-state index contributed by atoms with van der Waals surface area (Å²) in [7, 11) is 1.62. The summed E-state index contributed by atoms with van der Waals surface area (Å²) in [5.41, 5.74) is 2.67. The van der Waals surface area contributed by atoms with E-state index in [1.54, 1.807) is 13.2 Å². The van der Waals surface area contributed by atoms with Gasteiger partial charge in [0.05, 0.1) is 12.8 Å². The smallest absolute Gasteiger partial charge is 0.250 e. The number of rotatable bonds is 5. The molecule has 3 aromatic rings. The quantitative estimate of drug-likeness (QED) is 0.634. The van der Waals surface area contributed by atoms with E-state index >= 15 is 0 Å². The molecule has 0 aliphatic rings. The van der Waals surface area contributed by atoms with Gasteiger partial charge in [-0.05, 0) is 35.9 Å². The number of methoxy groups -OCH3 is 1. The van der Waals surface area contributed by atoms with E-state index in [2.05, 4.69) is 10.3 Å². The molecule has 1 aromatic heterocycles. The second-order valence-corrected chi connectivity index (χ2v) is 6.44. The number of carbonyl (C=O) groups excluding carboxylic acids is 1. The van der Waals surface area contributed by atoms with Gasteiger partial charge >= 0.3 is 0 Å². The molecule has 0 spiro atoms. The Bertz CT molecular complexity index is 887. The minimum absolute atomic E-state index is 0.229. The third kappa shape index (κ3) is 4.68. The molecule has 0 aliphatic heterocycles. The summed E-state index contributed by atoms with van der Waals surface area (Å²) in [6.07, 6.45) is 3.22. The monoisotopic (exact) mass is 370 g/mol. The highest BCUT2D eigenvalue weighted by Gasteiger charge is 2.06. The van der Waals surface area contributed by atoms with Gasteiger partial charge in [-0.2, -0.15) is 0 Å². The lowest BCUT2D eigenvalue weighted by molar-refractivity contribution is -0.111. The van der Waals surface area contributed by atoms with Gasteiger partial charge in [-0.3, -0.25) is 10.1 Å². The Morgan fingerprint density at radius 2 is 1.88 bits per heavy atom. The van der Waals surface area contributed by atoms with Crippen LogP contribution >= 0.6 is 22.9 Å². The Morgan fingerprint density at radius 1 is 1.16 bits per heavy atom. The zero-order chi connectivity index (χ0) is 17.6. The van der Waals surface area contributed by atoms with Gasteiger partial charge in [-0.25, -0.2) is 4.98 Å². The first-order valence-electron chi connectivity index (χ1n) is 7.48. The third-order valence-electron chi connectivity index (χ3n) is 3.42. The van der Waals surface area contributed by atoms with Crippen molar-refractivity contribution in [2.45, 2.75) is 0 Å². The van der Waals surface area contributed by atoms with Crippen molar-refractivity contribution >= 4 is 40.1 Å². The van der Waals surface area contributed by atoms with E-state index in [1.165, 1.54) is 17.4 Å². The SMILES string of the molecule is COc1ccc(C=CC(=O)Nc2nc(-c3ccc(Cl)cc3)cs2)cc1. The van der Waals surface area contributed by atoms with Gasteiger partial charge in [0, 0.05) is 22.0 Å². The average Bonchev–Trinajstić information content (AvgIpc) is 3.09. The number of benzene rings is 2. The molecule has 0 unspecified atom stereocenters. The highest BCUT2D eigenvalue weighted by Crippen LogP contribution is 2.26. The Morgan fingerprint density at radius 3 is 2.56 bits per heavy atom. The molecular weight excluding hydrogens is 356 g/mol. The fourth-order valence-corrected chi connectivity index (χ4v) is 2.97. The van der Waals surface area contributed by atoms with E-state index in [-0.39, 0.29) is 5.91 Å². The van der Waals surface area contributed by atoms with Crippen LogP contribution in [-0.2, 0) is 4.79 Å². The molecule has 0 aliphatic carbocycles. The Kier molecular flexibility index (Phi) is 5.48. The predicted octanol–water partition coefficient (Wildman–Crippen LogP) is 5.12. The van der Waals surface area contributed by atoms with Crippen LogP contribution in [0.3, 0.4) is 0 Å². The molecule has 0 bridgehead atoms. The Labute approximate surface area is 154 Å². The molecule has 0 atom stereocenters. The highest BCUT2D eigenvalue weighted by molar-refractivity contribution is 7.14. The van der Waals surface area contributed by atoms with Crippen molar-refractivity contribution in [1.82, 2.24) is 4.98 Å². The Balaban J connectivity index is 1.63. The van der Waals surface area contributed by atoms with Crippen LogP contribution in [0.5, 0.6) is 5.75 Å². The normalized spacial score (nSPS) is 10.8. The number of hydrogen-bond acceptors (Lipinski definition) is 4. The van der Waals surface area contributed by atoms with Gasteiger partial charge in [-0.1, -0.05) is 35.9 Å². The molecular formula is C19H15ClN2O2S. The fraction of sp³-hybridized carbons (Fsp3) is 0.0526. The van der Waals surface area contributed by atoms with Gasteiger partial charge in [0.25, 0.3) is 0 Å². The summed E-state index contributed by atoms with van der Waals surface area (Å²) in [5.74, 6) is 0.548. The zero-order valence-electron chi connectivity index (χ0n) is 13.4. The first-order chi connectivity index (χ1) is 12.1. The third-order valence-corrected chi connectivity index (χ3v) is 4.43. The van der Waals surface area contributed by atoms with Crippen LogP contribution in [0.4, 0.5) is 5.13 Å². The number of aromatic nitrogens is 1. The maximum Gasteiger partial charge on any atom is 0.250 e. The number of ether oxygens (including phenoxy) is 1. The van der Waals surface area contributed by atoms with Crippen LogP contribution in [0, 0.1) is 0 Å². The molecule has 1 amide bonds. The first-order valence-corrected chi connectivity index (χ1v) is 8.74. The molecule has 4 nitrogen and oxygen atoms in total. The van der Waals surface area contributed by atoms with Crippen molar-refractivity contribution in [3.8, 4) is 17.0 Å². The molecule has 25 heavy (non-hydrogen) atoms. The molecule has 2 aromatic carbocycles. The maximum atomic E-state index is 12.0. The molecule has 0 fully saturated rings. The summed E-state index contributed by atoms with van der Waals surface area (Å²) in [6.45, 7) is 0. The molecule has 0 radical (unpaired) electrons.